The number of amides is 2. The summed E-state index contributed by atoms with van der Waals surface area (Å²) in [6.45, 7) is 1.63. The summed E-state index contributed by atoms with van der Waals surface area (Å²) >= 11 is 0. The number of carbonyl (C=O) groups is 4. The summed E-state index contributed by atoms with van der Waals surface area (Å²) in [5, 5.41) is 13.1. The molecule has 1 aliphatic heterocycles. The molecule has 4 aromatic carbocycles. The van der Waals surface area contributed by atoms with Crippen LogP contribution in [0.1, 0.15) is 31.2 Å². The first kappa shape index (κ1) is 28.3. The summed E-state index contributed by atoms with van der Waals surface area (Å²) < 4.78 is 5.90. The first-order valence-electron chi connectivity index (χ1n) is 16.0. The second-order valence-corrected chi connectivity index (χ2v) is 13.0. The Morgan fingerprint density at radius 3 is 2.44 bits per heavy atom. The van der Waals surface area contributed by atoms with Crippen molar-refractivity contribution in [3.05, 3.63) is 125 Å². The number of carbonyl (C=O) groups excluding carboxylic acids is 4. The topological polar surface area (TPSA) is 118 Å². The highest BCUT2D eigenvalue weighted by molar-refractivity contribution is 6.25. The lowest BCUT2D eigenvalue weighted by atomic mass is 9.59. The van der Waals surface area contributed by atoms with Gasteiger partial charge in [-0.1, -0.05) is 60.2 Å². The lowest BCUT2D eigenvalue weighted by Crippen LogP contribution is -2.39. The maximum Gasteiger partial charge on any atom is 0.238 e. The van der Waals surface area contributed by atoms with Crippen molar-refractivity contribution in [2.75, 3.05) is 4.90 Å². The Bertz CT molecular complexity index is 2340. The molecule has 1 aromatic heterocycles. The monoisotopic (exact) mass is 632 g/mol. The molecule has 1 N–H and O–H groups in total. The summed E-state index contributed by atoms with van der Waals surface area (Å²) in [5.41, 5.74) is 4.92. The standard InChI is InChI=1S/C40H28N2O6/c1-20-18-31(43)29-19-28-25(33(35(29)36(20)44)26-15-12-21-6-2-3-7-24(21)37(26)45)16-17-27-34(28)40(47)42(39(27)46)23-13-10-22(11-14-23)38-41-30-8-4-5-9-32(30)48-38/h2-16,18,27-28,33-34,45H,17,19H2,1H3/t27-,28+,33+,34-/m0/s1. The molecule has 234 valence electrons. The average Bonchev–Trinajstić information content (AvgIpc) is 3.65. The average molecular weight is 633 g/mol. The fraction of sp³-hybridized carbons (Fsp3) is 0.175. The SMILES string of the molecule is CC1=CC(=O)C2=C(C1=O)[C@@H](c1ccc3ccccc3c1O)C1=CC[C@@H]3C(=O)N(c4ccc(-c5nc6ccccc6o5)cc4)C(=O)[C@@H]3[C@@H]1C2. The van der Waals surface area contributed by atoms with Crippen molar-refractivity contribution in [3.8, 4) is 17.2 Å². The Hall–Kier alpha value is -5.89. The van der Waals surface area contributed by atoms with Gasteiger partial charge in [0, 0.05) is 39.2 Å². The summed E-state index contributed by atoms with van der Waals surface area (Å²) in [7, 11) is 0. The largest absolute Gasteiger partial charge is 0.507 e. The van der Waals surface area contributed by atoms with E-state index in [9.17, 15) is 24.3 Å². The van der Waals surface area contributed by atoms with Gasteiger partial charge in [0.2, 0.25) is 17.7 Å². The van der Waals surface area contributed by atoms with E-state index in [4.69, 9.17) is 4.42 Å². The number of hydrogen-bond donors (Lipinski definition) is 1. The summed E-state index contributed by atoms with van der Waals surface area (Å²) in [6.07, 6.45) is 3.80. The third-order valence-corrected chi connectivity index (χ3v) is 10.5. The van der Waals surface area contributed by atoms with Gasteiger partial charge in [0.25, 0.3) is 0 Å². The molecule has 5 aromatic rings. The van der Waals surface area contributed by atoms with Crippen molar-refractivity contribution in [3.63, 3.8) is 0 Å². The molecule has 1 saturated heterocycles. The number of nitrogens with zero attached hydrogens (tertiary/aromatic N) is 2. The first-order chi connectivity index (χ1) is 23.3. The van der Waals surface area contributed by atoms with Gasteiger partial charge in [-0.25, -0.2) is 4.98 Å². The highest BCUT2D eigenvalue weighted by Gasteiger charge is 2.56. The Balaban J connectivity index is 1.11. The highest BCUT2D eigenvalue weighted by atomic mass is 16.3. The van der Waals surface area contributed by atoms with Gasteiger partial charge in [0.15, 0.2) is 17.1 Å². The van der Waals surface area contributed by atoms with E-state index in [1.807, 2.05) is 60.7 Å². The lowest BCUT2D eigenvalue weighted by Gasteiger charge is -2.42. The second-order valence-electron chi connectivity index (χ2n) is 13.0. The predicted octanol–water partition coefficient (Wildman–Crippen LogP) is 6.99. The number of aromatic hydroxyl groups is 1. The molecular formula is C40H28N2O6. The number of phenols is 1. The van der Waals surface area contributed by atoms with Crippen LogP contribution in [0.5, 0.6) is 5.75 Å². The molecule has 9 rings (SSSR count). The minimum absolute atomic E-state index is 0.0376. The molecular weight excluding hydrogens is 604 g/mol. The molecule has 0 unspecified atom stereocenters. The number of hydrogen-bond acceptors (Lipinski definition) is 7. The molecule has 4 atom stereocenters. The zero-order chi connectivity index (χ0) is 32.8. The summed E-state index contributed by atoms with van der Waals surface area (Å²) in [6, 6.07) is 25.6. The number of imide groups is 1. The number of oxazole rings is 1. The molecule has 2 heterocycles. The molecule has 0 bridgehead atoms. The normalized spacial score (nSPS) is 23.7. The van der Waals surface area contributed by atoms with Crippen LogP contribution in [0.25, 0.3) is 33.3 Å². The minimum Gasteiger partial charge on any atom is -0.507 e. The highest BCUT2D eigenvalue weighted by Crippen LogP contribution is 2.57. The van der Waals surface area contributed by atoms with E-state index in [1.165, 1.54) is 11.0 Å². The van der Waals surface area contributed by atoms with E-state index in [0.717, 1.165) is 16.5 Å². The Labute approximate surface area is 274 Å². The Kier molecular flexibility index (Phi) is 6.09. The van der Waals surface area contributed by atoms with E-state index < -0.39 is 23.7 Å². The lowest BCUT2D eigenvalue weighted by molar-refractivity contribution is -0.123. The quantitative estimate of drug-likeness (QED) is 0.129. The van der Waals surface area contributed by atoms with Crippen LogP contribution in [0.2, 0.25) is 0 Å². The van der Waals surface area contributed by atoms with Crippen molar-refractivity contribution in [2.24, 2.45) is 17.8 Å². The van der Waals surface area contributed by atoms with Crippen molar-refractivity contribution in [2.45, 2.75) is 25.7 Å². The molecule has 3 aliphatic carbocycles. The van der Waals surface area contributed by atoms with Gasteiger partial charge in [0.1, 0.15) is 11.3 Å². The number of aromatic nitrogens is 1. The number of allylic oxidation sites excluding steroid dienone is 6. The number of para-hydroxylation sites is 2. The van der Waals surface area contributed by atoms with Gasteiger partial charge < -0.3 is 9.52 Å². The van der Waals surface area contributed by atoms with E-state index in [2.05, 4.69) is 4.98 Å². The number of benzene rings is 4. The zero-order valence-electron chi connectivity index (χ0n) is 25.8. The zero-order valence-corrected chi connectivity index (χ0v) is 25.8. The van der Waals surface area contributed by atoms with Crippen LogP contribution >= 0.6 is 0 Å². The number of anilines is 1. The Morgan fingerprint density at radius 2 is 1.62 bits per heavy atom. The van der Waals surface area contributed by atoms with Gasteiger partial charge >= 0.3 is 0 Å². The predicted molar refractivity (Wildman–Crippen MR) is 179 cm³/mol. The first-order valence-corrected chi connectivity index (χ1v) is 16.0. The maximum absolute atomic E-state index is 14.3. The minimum atomic E-state index is -0.725. The number of phenolic OH excluding ortho intramolecular Hbond substituents is 1. The fourth-order valence-electron chi connectivity index (χ4n) is 8.22. The van der Waals surface area contributed by atoms with E-state index in [0.29, 0.717) is 56.8 Å². The van der Waals surface area contributed by atoms with Gasteiger partial charge in [-0.3, -0.25) is 24.1 Å². The molecule has 8 heteroatoms. The molecule has 2 amide bonds. The van der Waals surface area contributed by atoms with Gasteiger partial charge in [0.05, 0.1) is 17.5 Å². The molecule has 0 radical (unpaired) electrons. The van der Waals surface area contributed by atoms with Crippen LogP contribution in [-0.4, -0.2) is 33.5 Å². The van der Waals surface area contributed by atoms with Crippen molar-refractivity contribution >= 4 is 50.9 Å². The van der Waals surface area contributed by atoms with Crippen LogP contribution in [0.3, 0.4) is 0 Å². The number of Topliss-reactive ketones (excluding diaryl/α,β-unsaturated/α-hetero) is 1. The molecule has 0 spiro atoms. The van der Waals surface area contributed by atoms with Crippen LogP contribution in [0.15, 0.2) is 124 Å². The van der Waals surface area contributed by atoms with Gasteiger partial charge in [-0.2, -0.15) is 0 Å². The maximum atomic E-state index is 14.3. The van der Waals surface area contributed by atoms with Crippen LogP contribution in [0.4, 0.5) is 5.69 Å². The third-order valence-electron chi connectivity index (χ3n) is 10.5. The smallest absolute Gasteiger partial charge is 0.238 e. The Morgan fingerprint density at radius 1 is 0.854 bits per heavy atom. The molecule has 1 fully saturated rings. The van der Waals surface area contributed by atoms with Crippen LogP contribution in [-0.2, 0) is 19.2 Å². The number of ketones is 2. The molecule has 0 saturated carbocycles. The van der Waals surface area contributed by atoms with E-state index >= 15 is 0 Å². The molecule has 8 nitrogen and oxygen atoms in total. The number of fused-ring (bicyclic) bond motifs is 5. The van der Waals surface area contributed by atoms with E-state index in [-0.39, 0.29) is 35.6 Å². The van der Waals surface area contributed by atoms with Crippen molar-refractivity contribution in [1.82, 2.24) is 4.98 Å². The van der Waals surface area contributed by atoms with Crippen LogP contribution < -0.4 is 4.90 Å². The van der Waals surface area contributed by atoms with Crippen LogP contribution in [0, 0.1) is 17.8 Å². The van der Waals surface area contributed by atoms with E-state index in [1.54, 1.807) is 37.3 Å². The molecule has 48 heavy (non-hydrogen) atoms. The fourth-order valence-corrected chi connectivity index (χ4v) is 8.22. The molecule has 4 aliphatic rings. The van der Waals surface area contributed by atoms with Gasteiger partial charge in [-0.15, -0.1) is 0 Å². The summed E-state index contributed by atoms with van der Waals surface area (Å²) in [4.78, 5) is 61.4. The van der Waals surface area contributed by atoms with Crippen molar-refractivity contribution in [1.29, 1.82) is 0 Å². The van der Waals surface area contributed by atoms with Gasteiger partial charge in [-0.05, 0) is 73.5 Å². The second kappa shape index (κ2) is 10.3. The summed E-state index contributed by atoms with van der Waals surface area (Å²) in [5.74, 6) is -3.20. The van der Waals surface area contributed by atoms with Crippen molar-refractivity contribution < 1.29 is 28.7 Å². The number of rotatable bonds is 3. The third kappa shape index (κ3) is 3.98.